The molecule has 0 aromatic carbocycles. The van der Waals surface area contributed by atoms with Crippen molar-refractivity contribution in [2.24, 2.45) is 0 Å². The van der Waals surface area contributed by atoms with Gasteiger partial charge in [-0.15, -0.1) is 0 Å². The number of nitrogens with one attached hydrogen (secondary N) is 1. The fourth-order valence-corrected chi connectivity index (χ4v) is 1.91. The van der Waals surface area contributed by atoms with E-state index in [4.69, 9.17) is 4.42 Å². The van der Waals surface area contributed by atoms with Gasteiger partial charge in [0.15, 0.2) is 0 Å². The predicted molar refractivity (Wildman–Crippen MR) is 71.9 cm³/mol. The van der Waals surface area contributed by atoms with Crippen LogP contribution in [0.4, 0.5) is 0 Å². The molecule has 0 saturated carbocycles. The second-order valence-corrected chi connectivity index (χ2v) is 4.75. The highest BCUT2D eigenvalue weighted by molar-refractivity contribution is 5.12. The van der Waals surface area contributed by atoms with Crippen molar-refractivity contribution < 1.29 is 4.42 Å². The Labute approximate surface area is 105 Å². The van der Waals surface area contributed by atoms with Gasteiger partial charge in [0.05, 0.1) is 12.8 Å². The van der Waals surface area contributed by atoms with Gasteiger partial charge < -0.3 is 9.73 Å². The molecule has 17 heavy (non-hydrogen) atoms. The molecule has 1 N–H and O–H groups in total. The SMILES string of the molecule is CCCC(C)N(C)Cc1cc(CNCC)co1. The molecular formula is C14H26N2O. The van der Waals surface area contributed by atoms with E-state index in [1.165, 1.54) is 18.4 Å². The van der Waals surface area contributed by atoms with Crippen LogP contribution in [-0.2, 0) is 13.1 Å². The Hall–Kier alpha value is -0.800. The summed E-state index contributed by atoms with van der Waals surface area (Å²) in [6, 6.07) is 2.76. The second-order valence-electron chi connectivity index (χ2n) is 4.75. The minimum atomic E-state index is 0.613. The number of furan rings is 1. The third kappa shape index (κ3) is 4.92. The molecule has 3 heteroatoms. The second kappa shape index (κ2) is 7.51. The van der Waals surface area contributed by atoms with Gasteiger partial charge in [-0.2, -0.15) is 0 Å². The van der Waals surface area contributed by atoms with Crippen LogP contribution in [0.25, 0.3) is 0 Å². The fraction of sp³-hybridized carbons (Fsp3) is 0.714. The van der Waals surface area contributed by atoms with Crippen LogP contribution in [0.15, 0.2) is 16.7 Å². The van der Waals surface area contributed by atoms with Gasteiger partial charge in [-0.3, -0.25) is 4.90 Å². The molecule has 1 heterocycles. The van der Waals surface area contributed by atoms with Crippen molar-refractivity contribution in [1.82, 2.24) is 10.2 Å². The van der Waals surface area contributed by atoms with Crippen LogP contribution in [0.5, 0.6) is 0 Å². The zero-order valence-corrected chi connectivity index (χ0v) is 11.6. The Morgan fingerprint density at radius 2 is 2.18 bits per heavy atom. The molecule has 0 aliphatic rings. The van der Waals surface area contributed by atoms with Crippen LogP contribution in [0.1, 0.15) is 44.9 Å². The lowest BCUT2D eigenvalue weighted by molar-refractivity contribution is 0.219. The third-order valence-corrected chi connectivity index (χ3v) is 3.15. The molecular weight excluding hydrogens is 212 g/mol. The zero-order valence-electron chi connectivity index (χ0n) is 11.6. The first-order valence-corrected chi connectivity index (χ1v) is 6.64. The average molecular weight is 238 g/mol. The highest BCUT2D eigenvalue weighted by atomic mass is 16.3. The Kier molecular flexibility index (Phi) is 6.30. The van der Waals surface area contributed by atoms with E-state index < -0.39 is 0 Å². The van der Waals surface area contributed by atoms with E-state index in [2.05, 4.69) is 44.1 Å². The number of nitrogens with zero attached hydrogens (tertiary/aromatic N) is 1. The lowest BCUT2D eigenvalue weighted by atomic mass is 10.1. The summed E-state index contributed by atoms with van der Waals surface area (Å²) in [5.74, 6) is 1.06. The molecule has 1 aromatic heterocycles. The van der Waals surface area contributed by atoms with Gasteiger partial charge in [0.25, 0.3) is 0 Å². The highest BCUT2D eigenvalue weighted by Gasteiger charge is 2.10. The van der Waals surface area contributed by atoms with Gasteiger partial charge in [0, 0.05) is 18.2 Å². The van der Waals surface area contributed by atoms with Crippen molar-refractivity contribution >= 4 is 0 Å². The maximum absolute atomic E-state index is 5.58. The number of rotatable bonds is 8. The zero-order chi connectivity index (χ0) is 12.7. The summed E-state index contributed by atoms with van der Waals surface area (Å²) in [6.45, 7) is 9.40. The highest BCUT2D eigenvalue weighted by Crippen LogP contribution is 2.13. The first-order chi connectivity index (χ1) is 8.17. The summed E-state index contributed by atoms with van der Waals surface area (Å²) in [5, 5.41) is 3.30. The van der Waals surface area contributed by atoms with Crippen LogP contribution in [-0.4, -0.2) is 24.5 Å². The molecule has 3 nitrogen and oxygen atoms in total. The van der Waals surface area contributed by atoms with Gasteiger partial charge in [-0.05, 0) is 33.0 Å². The Bertz CT molecular complexity index is 309. The molecule has 0 fully saturated rings. The molecule has 1 atom stereocenters. The van der Waals surface area contributed by atoms with E-state index in [1.807, 2.05) is 6.26 Å². The van der Waals surface area contributed by atoms with Crippen molar-refractivity contribution in [2.75, 3.05) is 13.6 Å². The first-order valence-electron chi connectivity index (χ1n) is 6.64. The Balaban J connectivity index is 2.42. The normalized spacial score (nSPS) is 13.2. The molecule has 1 aromatic rings. The summed E-state index contributed by atoms with van der Waals surface area (Å²) in [7, 11) is 2.16. The molecule has 0 radical (unpaired) electrons. The topological polar surface area (TPSA) is 28.4 Å². The van der Waals surface area contributed by atoms with E-state index in [9.17, 15) is 0 Å². The predicted octanol–water partition coefficient (Wildman–Crippen LogP) is 3.01. The van der Waals surface area contributed by atoms with E-state index >= 15 is 0 Å². The Morgan fingerprint density at radius 3 is 2.82 bits per heavy atom. The fourth-order valence-electron chi connectivity index (χ4n) is 1.91. The van der Waals surface area contributed by atoms with E-state index in [-0.39, 0.29) is 0 Å². The van der Waals surface area contributed by atoms with E-state index in [1.54, 1.807) is 0 Å². The van der Waals surface area contributed by atoms with Gasteiger partial charge in [0.1, 0.15) is 5.76 Å². The lowest BCUT2D eigenvalue weighted by Gasteiger charge is -2.22. The maximum atomic E-state index is 5.58. The minimum absolute atomic E-state index is 0.613. The van der Waals surface area contributed by atoms with Crippen LogP contribution in [0.3, 0.4) is 0 Å². The van der Waals surface area contributed by atoms with Crippen molar-refractivity contribution in [3.63, 3.8) is 0 Å². The molecule has 1 rings (SSSR count). The van der Waals surface area contributed by atoms with E-state index in [0.29, 0.717) is 6.04 Å². The number of hydrogen-bond donors (Lipinski definition) is 1. The minimum Gasteiger partial charge on any atom is -0.468 e. The third-order valence-electron chi connectivity index (χ3n) is 3.15. The summed E-state index contributed by atoms with van der Waals surface area (Å²) >= 11 is 0. The van der Waals surface area contributed by atoms with Gasteiger partial charge in [-0.1, -0.05) is 20.3 Å². The molecule has 0 aliphatic heterocycles. The molecule has 0 amide bonds. The maximum Gasteiger partial charge on any atom is 0.118 e. The smallest absolute Gasteiger partial charge is 0.118 e. The van der Waals surface area contributed by atoms with E-state index in [0.717, 1.165) is 25.4 Å². The van der Waals surface area contributed by atoms with Crippen molar-refractivity contribution in [2.45, 2.75) is 52.7 Å². The molecule has 0 aliphatic carbocycles. The Morgan fingerprint density at radius 1 is 1.41 bits per heavy atom. The average Bonchev–Trinajstić information content (AvgIpc) is 2.74. The van der Waals surface area contributed by atoms with Crippen molar-refractivity contribution in [3.8, 4) is 0 Å². The summed E-state index contributed by atoms with van der Waals surface area (Å²) in [6.07, 6.45) is 4.33. The van der Waals surface area contributed by atoms with Crippen LogP contribution < -0.4 is 5.32 Å². The van der Waals surface area contributed by atoms with Crippen LogP contribution >= 0.6 is 0 Å². The summed E-state index contributed by atoms with van der Waals surface area (Å²) in [5.41, 5.74) is 1.23. The molecule has 0 saturated heterocycles. The van der Waals surface area contributed by atoms with Crippen LogP contribution in [0.2, 0.25) is 0 Å². The summed E-state index contributed by atoms with van der Waals surface area (Å²) in [4.78, 5) is 2.35. The monoisotopic (exact) mass is 238 g/mol. The molecule has 0 spiro atoms. The number of hydrogen-bond acceptors (Lipinski definition) is 3. The lowest BCUT2D eigenvalue weighted by Crippen LogP contribution is -2.28. The largest absolute Gasteiger partial charge is 0.468 e. The quantitative estimate of drug-likeness (QED) is 0.754. The molecule has 1 unspecified atom stereocenters. The summed E-state index contributed by atoms with van der Waals surface area (Å²) < 4.78 is 5.58. The van der Waals surface area contributed by atoms with Crippen molar-refractivity contribution in [1.29, 1.82) is 0 Å². The van der Waals surface area contributed by atoms with Gasteiger partial charge >= 0.3 is 0 Å². The van der Waals surface area contributed by atoms with Crippen molar-refractivity contribution in [3.05, 3.63) is 23.7 Å². The molecule has 0 bridgehead atoms. The standard InChI is InChI=1S/C14H26N2O/c1-5-7-12(3)16(4)10-14-8-13(11-17-14)9-15-6-2/h8,11-12,15H,5-7,9-10H2,1-4H3. The van der Waals surface area contributed by atoms with Gasteiger partial charge in [-0.25, -0.2) is 0 Å². The molecule has 98 valence electrons. The first kappa shape index (κ1) is 14.3. The van der Waals surface area contributed by atoms with Crippen LogP contribution in [0, 0.1) is 0 Å². The van der Waals surface area contributed by atoms with Gasteiger partial charge in [0.2, 0.25) is 0 Å².